The first-order valence-electron chi connectivity index (χ1n) is 27.1. The number of fused-ring (bicyclic) bond motifs is 9. The predicted octanol–water partition coefficient (Wildman–Crippen LogP) is 18.2. The molecule has 0 aliphatic carbocycles. The fourth-order valence-corrected chi connectivity index (χ4v) is 9.91. The quantitative estimate of drug-likeness (QED) is 0.123. The van der Waals surface area contributed by atoms with Crippen LogP contribution in [-0.4, -0.2) is 14.5 Å². The molecule has 0 saturated heterocycles. The van der Waals surface area contributed by atoms with Gasteiger partial charge in [-0.1, -0.05) is 182 Å². The SMILES string of the molecule is [2H]C([2H])([2H])c1c[c-]c(-c2ccc(C(C)(C)C)cn2)cc1.[2H]C([2H])([2H])c1c[c-]c(-c2nc3ccc4ccccc4c3n2-c2c(C(C)C)cc(-c3ccccc3)cc2C(C)C)c2oc3cc4c(ccc5ccccc54)cc3c12.[Ir]. The molecule has 0 fully saturated rings. The Morgan fingerprint density at radius 1 is 0.620 bits per heavy atom. The summed E-state index contributed by atoms with van der Waals surface area (Å²) in [6.45, 7) is 10.9. The number of hydrogen-bond donors (Lipinski definition) is 0. The van der Waals surface area contributed by atoms with E-state index >= 15 is 0 Å². The summed E-state index contributed by atoms with van der Waals surface area (Å²) in [6.07, 6.45) is 1.86. The van der Waals surface area contributed by atoms with Crippen molar-refractivity contribution in [1.82, 2.24) is 14.5 Å². The smallest absolute Gasteiger partial charge is 0.121 e. The van der Waals surface area contributed by atoms with Gasteiger partial charge in [-0.25, -0.2) is 0 Å². The van der Waals surface area contributed by atoms with E-state index < -0.39 is 13.7 Å². The van der Waals surface area contributed by atoms with E-state index in [1.54, 1.807) is 18.2 Å². The Bertz CT molecular complexity index is 4080. The molecule has 0 saturated carbocycles. The Labute approximate surface area is 439 Å². The molecule has 3 heterocycles. The number of hydrogen-bond acceptors (Lipinski definition) is 3. The maximum Gasteiger partial charge on any atom is 0.121 e. The molecule has 4 nitrogen and oxygen atoms in total. The molecule has 12 rings (SSSR count). The zero-order valence-electron chi connectivity index (χ0n) is 46.9. The summed E-state index contributed by atoms with van der Waals surface area (Å²) in [4.78, 5) is 9.87. The maximum atomic E-state index is 8.66. The van der Waals surface area contributed by atoms with Crippen LogP contribution in [0.3, 0.4) is 0 Å². The van der Waals surface area contributed by atoms with E-state index in [0.29, 0.717) is 33.5 Å². The second kappa shape index (κ2) is 18.9. The molecule has 0 atom stereocenters. The van der Waals surface area contributed by atoms with Crippen LogP contribution in [0.25, 0.3) is 105 Å². The van der Waals surface area contributed by atoms with Gasteiger partial charge in [-0.15, -0.1) is 53.1 Å². The molecule has 3 aromatic heterocycles. The summed E-state index contributed by atoms with van der Waals surface area (Å²) in [5.74, 6) is 0.993. The summed E-state index contributed by atoms with van der Waals surface area (Å²) in [5.41, 5.74) is 12.7. The number of furan rings is 1. The zero-order chi connectivity index (χ0) is 53.4. The predicted molar refractivity (Wildman–Crippen MR) is 295 cm³/mol. The molecule has 0 unspecified atom stereocenters. The van der Waals surface area contributed by atoms with Gasteiger partial charge in [0.2, 0.25) is 0 Å². The Kier molecular flexibility index (Phi) is 10.8. The van der Waals surface area contributed by atoms with Crippen molar-refractivity contribution in [3.63, 3.8) is 0 Å². The van der Waals surface area contributed by atoms with E-state index in [4.69, 9.17) is 17.6 Å². The number of pyridine rings is 1. The molecule has 5 heteroatoms. The number of benzene rings is 9. The third kappa shape index (κ3) is 8.66. The van der Waals surface area contributed by atoms with Crippen LogP contribution >= 0.6 is 0 Å². The van der Waals surface area contributed by atoms with E-state index in [0.717, 1.165) is 65.7 Å². The van der Waals surface area contributed by atoms with Gasteiger partial charge in [0.25, 0.3) is 0 Å². The molecule has 0 aliphatic heterocycles. The van der Waals surface area contributed by atoms with Crippen molar-refractivity contribution in [2.75, 3.05) is 0 Å². The van der Waals surface area contributed by atoms with Crippen LogP contribution in [0.4, 0.5) is 0 Å². The van der Waals surface area contributed by atoms with Crippen LogP contribution in [-0.2, 0) is 25.5 Å². The van der Waals surface area contributed by atoms with Gasteiger partial charge in [0.15, 0.2) is 0 Å². The van der Waals surface area contributed by atoms with Gasteiger partial charge in [-0.3, -0.25) is 4.98 Å². The first kappa shape index (κ1) is 40.5. The molecule has 1 radical (unpaired) electrons. The first-order chi connectivity index (χ1) is 36.2. The van der Waals surface area contributed by atoms with Crippen molar-refractivity contribution in [3.05, 3.63) is 210 Å². The summed E-state index contributed by atoms with van der Waals surface area (Å²) in [7, 11) is 0. The van der Waals surface area contributed by atoms with Crippen LogP contribution < -0.4 is 0 Å². The molecule has 0 spiro atoms. The van der Waals surface area contributed by atoms with E-state index in [9.17, 15) is 0 Å². The monoisotopic (exact) mass is 1110 g/mol. The average molecular weight is 1110 g/mol. The molecule has 353 valence electrons. The Morgan fingerprint density at radius 3 is 1.97 bits per heavy atom. The third-order valence-electron chi connectivity index (χ3n) is 13.6. The first-order valence-corrected chi connectivity index (χ1v) is 24.1. The van der Waals surface area contributed by atoms with Gasteiger partial charge in [-0.2, -0.15) is 0 Å². The minimum atomic E-state index is -2.40. The van der Waals surface area contributed by atoms with Crippen molar-refractivity contribution in [2.45, 2.75) is 79.4 Å². The third-order valence-corrected chi connectivity index (χ3v) is 13.6. The second-order valence-electron chi connectivity index (χ2n) is 20.0. The Morgan fingerprint density at radius 2 is 1.31 bits per heavy atom. The number of rotatable bonds is 6. The van der Waals surface area contributed by atoms with Crippen molar-refractivity contribution < 1.29 is 32.7 Å². The molecular formula is C66H57IrN3O-2. The average Bonchev–Trinajstić information content (AvgIpc) is 4.08. The van der Waals surface area contributed by atoms with E-state index in [-0.39, 0.29) is 42.9 Å². The molecule has 0 bridgehead atoms. The van der Waals surface area contributed by atoms with Gasteiger partial charge in [-0.05, 0) is 108 Å². The van der Waals surface area contributed by atoms with Gasteiger partial charge in [0.1, 0.15) is 5.58 Å². The minimum Gasteiger partial charge on any atom is -0.501 e. The molecule has 9 aromatic carbocycles. The maximum absolute atomic E-state index is 8.66. The second-order valence-corrected chi connectivity index (χ2v) is 20.0. The van der Waals surface area contributed by atoms with Gasteiger partial charge in [0.05, 0.1) is 22.4 Å². The van der Waals surface area contributed by atoms with Gasteiger partial charge in [0, 0.05) is 51.0 Å². The Hall–Kier alpha value is -7.17. The van der Waals surface area contributed by atoms with Crippen LogP contribution in [0, 0.1) is 25.8 Å². The largest absolute Gasteiger partial charge is 0.501 e. The van der Waals surface area contributed by atoms with Crippen LogP contribution in [0.1, 0.15) is 96.3 Å². The van der Waals surface area contributed by atoms with Gasteiger partial charge >= 0.3 is 0 Å². The van der Waals surface area contributed by atoms with E-state index in [2.05, 4.69) is 185 Å². The molecule has 0 N–H and O–H groups in total. The normalized spacial score (nSPS) is 13.5. The zero-order valence-corrected chi connectivity index (χ0v) is 43.3. The fourth-order valence-electron chi connectivity index (χ4n) is 9.91. The summed E-state index contributed by atoms with van der Waals surface area (Å²) >= 11 is 0. The molecular weight excluding hydrogens is 1040 g/mol. The summed E-state index contributed by atoms with van der Waals surface area (Å²) in [5, 5.41) is 7.84. The molecule has 0 aliphatic rings. The molecule has 71 heavy (non-hydrogen) atoms. The standard InChI is InChI=1S/C50H39N2O.C16H18N.Ir/c1-29(2)40-26-36(32-13-7-6-8-14-32)27-41(30(3)4)47(40)52-48-38-18-12-10-16-34(38)22-24-44(48)51-50(52)39-23-19-31(5)46-43-25-35-21-20-33-15-9-11-17-37(33)42(35)28-45(43)53-49(39)46;1-12-5-7-13(8-6-12)15-10-9-14(11-17-15)16(2,3)4;/h6-22,24-30H,1-5H3;5-7,9-11H,1-4H3;/q2*-1;/i5D3;1D3;. The van der Waals surface area contributed by atoms with Crippen molar-refractivity contribution in [1.29, 1.82) is 0 Å². The summed E-state index contributed by atoms with van der Waals surface area (Å²) in [6, 6.07) is 61.5. The topological polar surface area (TPSA) is 43.9 Å². The number of imidazole rings is 1. The number of nitrogens with zero attached hydrogens (tertiary/aromatic N) is 3. The van der Waals surface area contributed by atoms with E-state index in [1.165, 1.54) is 33.9 Å². The fraction of sp³-hybridized carbons (Fsp3) is 0.182. The molecule has 12 aromatic rings. The van der Waals surface area contributed by atoms with Crippen molar-refractivity contribution in [3.8, 4) is 39.5 Å². The minimum absolute atomic E-state index is 0. The van der Waals surface area contributed by atoms with Crippen LogP contribution in [0.15, 0.2) is 174 Å². The number of aromatic nitrogens is 3. The number of aryl methyl sites for hydroxylation is 2. The molecule has 0 amide bonds. The van der Waals surface area contributed by atoms with Gasteiger partial charge < -0.3 is 14.0 Å². The summed E-state index contributed by atoms with van der Waals surface area (Å²) < 4.78 is 57.2. The Balaban J connectivity index is 0.000000271. The van der Waals surface area contributed by atoms with Crippen LogP contribution in [0.2, 0.25) is 0 Å². The van der Waals surface area contributed by atoms with E-state index in [1.807, 2.05) is 30.5 Å². The van der Waals surface area contributed by atoms with Crippen molar-refractivity contribution >= 4 is 65.3 Å². The van der Waals surface area contributed by atoms with Crippen molar-refractivity contribution in [2.24, 2.45) is 0 Å². The van der Waals surface area contributed by atoms with Crippen LogP contribution in [0.5, 0.6) is 0 Å².